The van der Waals surface area contributed by atoms with Crippen LogP contribution in [0.3, 0.4) is 0 Å². The van der Waals surface area contributed by atoms with E-state index in [-0.39, 0.29) is 23.1 Å². The summed E-state index contributed by atoms with van der Waals surface area (Å²) in [7, 11) is -3.25. The van der Waals surface area contributed by atoms with Gasteiger partial charge in [-0.1, -0.05) is 34.1 Å². The first-order valence-corrected chi connectivity index (χ1v) is 8.81. The molecule has 5 nitrogen and oxygen atoms in total. The molecule has 0 saturated carbocycles. The van der Waals surface area contributed by atoms with E-state index in [2.05, 4.69) is 4.72 Å². The zero-order valence-electron chi connectivity index (χ0n) is 13.3. The Balaban J connectivity index is 4.06. The van der Waals surface area contributed by atoms with Gasteiger partial charge in [0.2, 0.25) is 10.0 Å². The van der Waals surface area contributed by atoms with E-state index in [9.17, 15) is 13.2 Å². The van der Waals surface area contributed by atoms with Crippen LogP contribution in [-0.4, -0.2) is 31.3 Å². The van der Waals surface area contributed by atoms with Crippen molar-refractivity contribution in [3.8, 4) is 0 Å². The molecule has 0 aromatic rings. The van der Waals surface area contributed by atoms with E-state index in [4.69, 9.17) is 5.11 Å². The molecule has 20 heavy (non-hydrogen) atoms. The molecule has 0 saturated heterocycles. The second-order valence-corrected chi connectivity index (χ2v) is 8.69. The fourth-order valence-electron chi connectivity index (χ4n) is 1.72. The monoisotopic (exact) mass is 307 g/mol. The lowest BCUT2D eigenvalue weighted by Crippen LogP contribution is -2.35. The number of carbonyl (C=O) groups is 1. The van der Waals surface area contributed by atoms with Crippen molar-refractivity contribution < 1.29 is 18.3 Å². The Morgan fingerprint density at radius 2 is 1.75 bits per heavy atom. The summed E-state index contributed by atoms with van der Waals surface area (Å²) in [5.74, 6) is -1.05. The SMILES string of the molecule is CC(CCCC(C)C(=O)O)NS(=O)(=O)CCC(C)(C)C. The van der Waals surface area contributed by atoms with Gasteiger partial charge in [-0.2, -0.15) is 0 Å². The number of hydrogen-bond donors (Lipinski definition) is 2. The summed E-state index contributed by atoms with van der Waals surface area (Å²) < 4.78 is 26.4. The fourth-order valence-corrected chi connectivity index (χ4v) is 3.45. The Morgan fingerprint density at radius 1 is 1.20 bits per heavy atom. The van der Waals surface area contributed by atoms with Crippen molar-refractivity contribution in [3.63, 3.8) is 0 Å². The highest BCUT2D eigenvalue weighted by atomic mass is 32.2. The second kappa shape index (κ2) is 7.98. The number of rotatable bonds is 9. The molecule has 0 spiro atoms. The summed E-state index contributed by atoms with van der Waals surface area (Å²) in [4.78, 5) is 10.7. The normalized spacial score (nSPS) is 15.8. The average molecular weight is 307 g/mol. The number of nitrogens with one attached hydrogen (secondary N) is 1. The molecule has 0 heterocycles. The lowest BCUT2D eigenvalue weighted by atomic mass is 9.94. The lowest BCUT2D eigenvalue weighted by Gasteiger charge is -2.20. The molecule has 2 atom stereocenters. The molecule has 0 rings (SSSR count). The molecule has 6 heteroatoms. The highest BCUT2D eigenvalue weighted by molar-refractivity contribution is 7.89. The van der Waals surface area contributed by atoms with Gasteiger partial charge < -0.3 is 5.11 Å². The number of carboxylic acids is 1. The van der Waals surface area contributed by atoms with Crippen LogP contribution in [0.2, 0.25) is 0 Å². The van der Waals surface area contributed by atoms with Gasteiger partial charge in [0.25, 0.3) is 0 Å². The van der Waals surface area contributed by atoms with Gasteiger partial charge in [0, 0.05) is 6.04 Å². The predicted octanol–water partition coefficient (Wildman–Crippen LogP) is 2.62. The van der Waals surface area contributed by atoms with Crippen LogP contribution < -0.4 is 4.72 Å². The summed E-state index contributed by atoms with van der Waals surface area (Å²) in [5.41, 5.74) is -0.00505. The van der Waals surface area contributed by atoms with Gasteiger partial charge in [0.15, 0.2) is 0 Å². The molecule has 2 N–H and O–H groups in total. The molecule has 2 unspecified atom stereocenters. The van der Waals surface area contributed by atoms with Gasteiger partial charge in [-0.05, 0) is 31.6 Å². The zero-order valence-corrected chi connectivity index (χ0v) is 14.1. The maximum absolute atomic E-state index is 11.9. The van der Waals surface area contributed by atoms with Gasteiger partial charge >= 0.3 is 5.97 Å². The average Bonchev–Trinajstić information content (AvgIpc) is 2.24. The predicted molar refractivity (Wildman–Crippen MR) is 81.1 cm³/mol. The molecular formula is C14H29NO4S. The molecule has 0 amide bonds. The van der Waals surface area contributed by atoms with Gasteiger partial charge in [-0.25, -0.2) is 13.1 Å². The topological polar surface area (TPSA) is 83.5 Å². The minimum atomic E-state index is -3.25. The second-order valence-electron chi connectivity index (χ2n) is 6.82. The van der Waals surface area contributed by atoms with Crippen molar-refractivity contribution in [2.24, 2.45) is 11.3 Å². The van der Waals surface area contributed by atoms with E-state index < -0.39 is 16.0 Å². The van der Waals surface area contributed by atoms with E-state index in [0.717, 1.165) is 0 Å². The van der Waals surface area contributed by atoms with Crippen LogP contribution in [0.25, 0.3) is 0 Å². The van der Waals surface area contributed by atoms with E-state index in [1.54, 1.807) is 6.92 Å². The smallest absolute Gasteiger partial charge is 0.306 e. The largest absolute Gasteiger partial charge is 0.481 e. The molecule has 0 aliphatic rings. The first-order valence-electron chi connectivity index (χ1n) is 7.16. The van der Waals surface area contributed by atoms with Crippen molar-refractivity contribution in [1.29, 1.82) is 0 Å². The highest BCUT2D eigenvalue weighted by Gasteiger charge is 2.19. The van der Waals surface area contributed by atoms with E-state index in [1.165, 1.54) is 0 Å². The molecule has 120 valence electrons. The third-order valence-electron chi connectivity index (χ3n) is 3.20. The van der Waals surface area contributed by atoms with E-state index in [1.807, 2.05) is 27.7 Å². The van der Waals surface area contributed by atoms with Crippen molar-refractivity contribution in [2.45, 2.75) is 66.3 Å². The lowest BCUT2D eigenvalue weighted by molar-refractivity contribution is -0.141. The Labute approximate surface area is 123 Å². The molecular weight excluding hydrogens is 278 g/mol. The van der Waals surface area contributed by atoms with Crippen molar-refractivity contribution in [1.82, 2.24) is 4.72 Å². The van der Waals surface area contributed by atoms with Gasteiger partial charge in [-0.15, -0.1) is 0 Å². The number of sulfonamides is 1. The Morgan fingerprint density at radius 3 is 2.20 bits per heavy atom. The molecule has 0 bridgehead atoms. The van der Waals surface area contributed by atoms with Crippen molar-refractivity contribution >= 4 is 16.0 Å². The quantitative estimate of drug-likeness (QED) is 0.686. The minimum Gasteiger partial charge on any atom is -0.481 e. The van der Waals surface area contributed by atoms with Crippen LogP contribution >= 0.6 is 0 Å². The van der Waals surface area contributed by atoms with E-state index >= 15 is 0 Å². The van der Waals surface area contributed by atoms with Crippen LogP contribution in [0.5, 0.6) is 0 Å². The van der Waals surface area contributed by atoms with Crippen LogP contribution in [0.1, 0.15) is 60.3 Å². The van der Waals surface area contributed by atoms with Crippen molar-refractivity contribution in [3.05, 3.63) is 0 Å². The Kier molecular flexibility index (Phi) is 7.73. The minimum absolute atomic E-state index is 0.00505. The third kappa shape index (κ3) is 10.2. The first kappa shape index (κ1) is 19.4. The number of aliphatic carboxylic acids is 1. The van der Waals surface area contributed by atoms with Gasteiger partial charge in [0.1, 0.15) is 0 Å². The number of carboxylic acid groups (broad SMARTS) is 1. The summed E-state index contributed by atoms with van der Waals surface area (Å²) in [6.07, 6.45) is 2.55. The van der Waals surface area contributed by atoms with Crippen LogP contribution in [0.4, 0.5) is 0 Å². The zero-order chi connectivity index (χ0) is 16.0. The molecule has 0 radical (unpaired) electrons. The van der Waals surface area contributed by atoms with Crippen LogP contribution in [-0.2, 0) is 14.8 Å². The van der Waals surface area contributed by atoms with Crippen molar-refractivity contribution in [2.75, 3.05) is 5.75 Å². The molecule has 0 fully saturated rings. The molecule has 0 aliphatic carbocycles. The third-order valence-corrected chi connectivity index (χ3v) is 4.70. The van der Waals surface area contributed by atoms with E-state index in [0.29, 0.717) is 25.7 Å². The standard InChI is InChI=1S/C14H29NO4S/c1-11(13(16)17)7-6-8-12(2)15-20(18,19)10-9-14(3,4)5/h11-12,15H,6-10H2,1-5H3,(H,16,17). The maximum atomic E-state index is 11.9. The van der Waals surface area contributed by atoms with Gasteiger partial charge in [0.05, 0.1) is 11.7 Å². The van der Waals surface area contributed by atoms with Crippen LogP contribution in [0, 0.1) is 11.3 Å². The summed E-state index contributed by atoms with van der Waals surface area (Å²) in [6, 6.07) is -0.152. The summed E-state index contributed by atoms with van der Waals surface area (Å²) in [6.45, 7) is 9.53. The Hall–Kier alpha value is -0.620. The Bertz CT molecular complexity index is 398. The summed E-state index contributed by atoms with van der Waals surface area (Å²) >= 11 is 0. The first-order chi connectivity index (χ1) is 8.93. The van der Waals surface area contributed by atoms with Crippen LogP contribution in [0.15, 0.2) is 0 Å². The fraction of sp³-hybridized carbons (Fsp3) is 0.929. The number of hydrogen-bond acceptors (Lipinski definition) is 3. The highest BCUT2D eigenvalue weighted by Crippen LogP contribution is 2.19. The van der Waals surface area contributed by atoms with Gasteiger partial charge in [-0.3, -0.25) is 4.79 Å². The summed E-state index contributed by atoms with van der Waals surface area (Å²) in [5, 5.41) is 8.77. The molecule has 0 aromatic heterocycles. The molecule has 0 aromatic carbocycles. The maximum Gasteiger partial charge on any atom is 0.306 e. The molecule has 0 aliphatic heterocycles.